The maximum absolute atomic E-state index is 11.9. The Morgan fingerprint density at radius 3 is 2.60 bits per heavy atom. The second-order valence-electron chi connectivity index (χ2n) is 2.60. The molecule has 0 heterocycles. The number of ether oxygens (including phenoxy) is 1. The summed E-state index contributed by atoms with van der Waals surface area (Å²) in [5.41, 5.74) is 0.0407. The Morgan fingerprint density at radius 2 is 2.07 bits per heavy atom. The summed E-state index contributed by atoms with van der Waals surface area (Å²) < 4.78 is 39.6. The molecule has 0 aromatic heterocycles. The number of nitriles is 1. The summed E-state index contributed by atoms with van der Waals surface area (Å²) in [6.45, 7) is 0. The molecule has 2 nitrogen and oxygen atoms in total. The van der Waals surface area contributed by atoms with Crippen molar-refractivity contribution < 1.29 is 17.9 Å². The lowest BCUT2D eigenvalue weighted by Crippen LogP contribution is -2.18. The van der Waals surface area contributed by atoms with Crippen LogP contribution in [0.1, 0.15) is 5.56 Å². The van der Waals surface area contributed by atoms with Gasteiger partial charge in [0, 0.05) is 10.6 Å². The van der Waals surface area contributed by atoms with E-state index < -0.39 is 12.1 Å². The highest BCUT2D eigenvalue weighted by Crippen LogP contribution is 2.31. The van der Waals surface area contributed by atoms with Gasteiger partial charge in [-0.2, -0.15) is 5.26 Å². The fraction of sp³-hybridized carbons (Fsp3) is 0.222. The van der Waals surface area contributed by atoms with Crippen LogP contribution >= 0.6 is 11.6 Å². The molecule has 0 N–H and O–H groups in total. The minimum Gasteiger partial charge on any atom is -0.405 e. The molecule has 0 aliphatic rings. The van der Waals surface area contributed by atoms with Gasteiger partial charge in [-0.15, -0.1) is 13.2 Å². The number of hydrogen-bond donors (Lipinski definition) is 0. The summed E-state index contributed by atoms with van der Waals surface area (Å²) in [7, 11) is 0. The zero-order chi connectivity index (χ0) is 11.5. The van der Waals surface area contributed by atoms with Crippen LogP contribution in [0.4, 0.5) is 13.2 Å². The van der Waals surface area contributed by atoms with Crippen LogP contribution in [-0.4, -0.2) is 6.36 Å². The van der Waals surface area contributed by atoms with Gasteiger partial charge in [0.15, 0.2) is 0 Å². The molecule has 0 aliphatic carbocycles. The maximum Gasteiger partial charge on any atom is 0.573 e. The smallest absolute Gasteiger partial charge is 0.405 e. The molecule has 0 unspecified atom stereocenters. The summed E-state index contributed by atoms with van der Waals surface area (Å²) in [6, 6.07) is 5.56. The summed E-state index contributed by atoms with van der Waals surface area (Å²) in [6.07, 6.45) is -5.01. The van der Waals surface area contributed by atoms with Gasteiger partial charge in [-0.05, 0) is 12.1 Å². The second kappa shape index (κ2) is 4.41. The van der Waals surface area contributed by atoms with Gasteiger partial charge in [0.25, 0.3) is 0 Å². The summed E-state index contributed by atoms with van der Waals surface area (Å²) in [5, 5.41) is 8.50. The number of rotatable bonds is 2. The van der Waals surface area contributed by atoms with Crippen LogP contribution in [0.25, 0.3) is 0 Å². The highest BCUT2D eigenvalue weighted by molar-refractivity contribution is 6.31. The molecule has 15 heavy (non-hydrogen) atoms. The van der Waals surface area contributed by atoms with Crippen LogP contribution in [0.2, 0.25) is 5.02 Å². The minimum atomic E-state index is -4.78. The first-order chi connectivity index (χ1) is 6.94. The Morgan fingerprint density at radius 1 is 1.40 bits per heavy atom. The fourth-order valence-electron chi connectivity index (χ4n) is 1.01. The lowest BCUT2D eigenvalue weighted by atomic mass is 10.1. The largest absolute Gasteiger partial charge is 0.573 e. The van der Waals surface area contributed by atoms with Gasteiger partial charge in [-0.25, -0.2) is 0 Å². The van der Waals surface area contributed by atoms with E-state index in [0.717, 1.165) is 6.07 Å². The molecular weight excluding hydrogens is 231 g/mol. The predicted molar refractivity (Wildman–Crippen MR) is 47.5 cm³/mol. The van der Waals surface area contributed by atoms with Crippen molar-refractivity contribution in [1.29, 1.82) is 5.26 Å². The van der Waals surface area contributed by atoms with E-state index in [0.29, 0.717) is 0 Å². The van der Waals surface area contributed by atoms with Gasteiger partial charge in [-0.3, -0.25) is 0 Å². The van der Waals surface area contributed by atoms with Crippen molar-refractivity contribution in [3.05, 3.63) is 28.8 Å². The molecule has 0 radical (unpaired) electrons. The molecule has 0 bridgehead atoms. The highest BCUT2D eigenvalue weighted by Gasteiger charge is 2.32. The second-order valence-corrected chi connectivity index (χ2v) is 3.01. The molecule has 0 atom stereocenters. The first kappa shape index (κ1) is 11.7. The first-order valence-electron chi connectivity index (χ1n) is 3.84. The van der Waals surface area contributed by atoms with Crippen LogP contribution in [0, 0.1) is 11.3 Å². The van der Waals surface area contributed by atoms with Crippen LogP contribution in [0.5, 0.6) is 5.75 Å². The normalized spacial score (nSPS) is 10.9. The molecule has 0 aliphatic heterocycles. The summed E-state index contributed by atoms with van der Waals surface area (Å²) in [5.74, 6) is -0.434. The Bertz CT molecular complexity index is 397. The number of alkyl halides is 3. The SMILES string of the molecule is N#CCc1c(Cl)cccc1OC(F)(F)F. The molecule has 1 rings (SSSR count). The van der Waals surface area contributed by atoms with Crippen molar-refractivity contribution in [3.8, 4) is 11.8 Å². The van der Waals surface area contributed by atoms with Gasteiger partial charge in [0.1, 0.15) is 5.75 Å². The zero-order valence-corrected chi connectivity index (χ0v) is 8.06. The van der Waals surface area contributed by atoms with E-state index in [9.17, 15) is 13.2 Å². The average Bonchev–Trinajstić information content (AvgIpc) is 2.08. The van der Waals surface area contributed by atoms with Crippen molar-refractivity contribution in [2.75, 3.05) is 0 Å². The molecule has 0 saturated heterocycles. The monoisotopic (exact) mass is 235 g/mol. The van der Waals surface area contributed by atoms with E-state index in [1.54, 1.807) is 6.07 Å². The lowest BCUT2D eigenvalue weighted by molar-refractivity contribution is -0.274. The third-order valence-electron chi connectivity index (χ3n) is 1.56. The van der Waals surface area contributed by atoms with Crippen molar-refractivity contribution in [2.45, 2.75) is 12.8 Å². The quantitative estimate of drug-likeness (QED) is 0.788. The standard InChI is InChI=1S/C9H5ClF3NO/c10-7-2-1-3-8(6(7)4-5-14)15-9(11,12)13/h1-3H,4H2. The molecule has 1 aromatic carbocycles. The number of hydrogen-bond acceptors (Lipinski definition) is 2. The molecule has 6 heteroatoms. The van der Waals surface area contributed by atoms with E-state index in [4.69, 9.17) is 16.9 Å². The van der Waals surface area contributed by atoms with Gasteiger partial charge < -0.3 is 4.74 Å². The molecule has 1 aromatic rings. The van der Waals surface area contributed by atoms with E-state index in [2.05, 4.69) is 4.74 Å². The number of benzene rings is 1. The van der Waals surface area contributed by atoms with Gasteiger partial charge >= 0.3 is 6.36 Å². The average molecular weight is 236 g/mol. The van der Waals surface area contributed by atoms with E-state index in [-0.39, 0.29) is 17.0 Å². The maximum atomic E-state index is 11.9. The molecule has 0 amide bonds. The van der Waals surface area contributed by atoms with Crippen molar-refractivity contribution in [3.63, 3.8) is 0 Å². The van der Waals surface area contributed by atoms with Gasteiger partial charge in [-0.1, -0.05) is 17.7 Å². The Hall–Kier alpha value is -1.41. The third-order valence-corrected chi connectivity index (χ3v) is 1.91. The van der Waals surface area contributed by atoms with Crippen molar-refractivity contribution in [1.82, 2.24) is 0 Å². The van der Waals surface area contributed by atoms with Crippen LogP contribution in [0.3, 0.4) is 0 Å². The Labute approximate surface area is 88.8 Å². The fourth-order valence-corrected chi connectivity index (χ4v) is 1.24. The molecule has 0 spiro atoms. The van der Waals surface area contributed by atoms with Crippen LogP contribution < -0.4 is 4.74 Å². The summed E-state index contributed by atoms with van der Waals surface area (Å²) >= 11 is 5.64. The molecular formula is C9H5ClF3NO. The number of nitrogens with zero attached hydrogens (tertiary/aromatic N) is 1. The lowest BCUT2D eigenvalue weighted by Gasteiger charge is -2.12. The van der Waals surface area contributed by atoms with E-state index in [1.165, 1.54) is 12.1 Å². The van der Waals surface area contributed by atoms with Gasteiger partial charge in [0.2, 0.25) is 0 Å². The predicted octanol–water partition coefficient (Wildman–Crippen LogP) is 3.30. The first-order valence-corrected chi connectivity index (χ1v) is 4.22. The Kier molecular flexibility index (Phi) is 3.43. The molecule has 80 valence electrons. The Balaban J connectivity index is 3.07. The van der Waals surface area contributed by atoms with Crippen LogP contribution in [0.15, 0.2) is 18.2 Å². The highest BCUT2D eigenvalue weighted by atomic mass is 35.5. The van der Waals surface area contributed by atoms with E-state index in [1.807, 2.05) is 0 Å². The molecule has 0 fully saturated rings. The summed E-state index contributed by atoms with van der Waals surface area (Å²) in [4.78, 5) is 0. The zero-order valence-electron chi connectivity index (χ0n) is 7.31. The van der Waals surface area contributed by atoms with E-state index >= 15 is 0 Å². The third kappa shape index (κ3) is 3.33. The molecule has 0 saturated carbocycles. The minimum absolute atomic E-state index is 0.0407. The van der Waals surface area contributed by atoms with Crippen LogP contribution in [-0.2, 0) is 6.42 Å². The van der Waals surface area contributed by atoms with Crippen molar-refractivity contribution >= 4 is 11.6 Å². The van der Waals surface area contributed by atoms with Crippen molar-refractivity contribution in [2.24, 2.45) is 0 Å². The topological polar surface area (TPSA) is 33.0 Å². The van der Waals surface area contributed by atoms with Gasteiger partial charge in [0.05, 0.1) is 12.5 Å². The number of halogens is 4.